The summed E-state index contributed by atoms with van der Waals surface area (Å²) >= 11 is 0. The fourth-order valence-corrected chi connectivity index (χ4v) is 2.46. The van der Waals surface area contributed by atoms with Crippen LogP contribution in [0.5, 0.6) is 0 Å². The van der Waals surface area contributed by atoms with Gasteiger partial charge in [0.2, 0.25) is 5.92 Å². The molecule has 1 amide bonds. The van der Waals surface area contributed by atoms with Crippen LogP contribution in [0.1, 0.15) is 23.3 Å². The summed E-state index contributed by atoms with van der Waals surface area (Å²) < 4.78 is 25.5. The third-order valence-electron chi connectivity index (χ3n) is 3.58. The summed E-state index contributed by atoms with van der Waals surface area (Å²) in [6, 6.07) is 3.54. The first-order valence-electron chi connectivity index (χ1n) is 6.65. The van der Waals surface area contributed by atoms with Gasteiger partial charge in [-0.05, 0) is 23.6 Å². The highest BCUT2D eigenvalue weighted by Crippen LogP contribution is 2.41. The van der Waals surface area contributed by atoms with Gasteiger partial charge in [0.15, 0.2) is 0 Å². The van der Waals surface area contributed by atoms with E-state index in [1.165, 1.54) is 0 Å². The SMILES string of the molecule is O=C(NCC1CC(F)(F)C1)c1[nH]ncc1-c1ccncc1. The van der Waals surface area contributed by atoms with Crippen LogP contribution in [0.15, 0.2) is 30.7 Å². The van der Waals surface area contributed by atoms with Crippen molar-refractivity contribution in [3.8, 4) is 11.1 Å². The van der Waals surface area contributed by atoms with Crippen molar-refractivity contribution in [2.45, 2.75) is 18.8 Å². The highest BCUT2D eigenvalue weighted by atomic mass is 19.3. The minimum Gasteiger partial charge on any atom is -0.350 e. The third kappa shape index (κ3) is 2.91. The fraction of sp³-hybridized carbons (Fsp3) is 0.357. The minimum atomic E-state index is -2.56. The van der Waals surface area contributed by atoms with Crippen molar-refractivity contribution in [1.82, 2.24) is 20.5 Å². The summed E-state index contributed by atoms with van der Waals surface area (Å²) in [5, 5.41) is 9.20. The van der Waals surface area contributed by atoms with Gasteiger partial charge in [-0.2, -0.15) is 5.10 Å². The fourth-order valence-electron chi connectivity index (χ4n) is 2.46. The lowest BCUT2D eigenvalue weighted by Crippen LogP contribution is -2.42. The maximum atomic E-state index is 12.7. The number of halogens is 2. The highest BCUT2D eigenvalue weighted by molar-refractivity contribution is 5.98. The molecule has 7 heteroatoms. The number of pyridine rings is 1. The van der Waals surface area contributed by atoms with E-state index >= 15 is 0 Å². The van der Waals surface area contributed by atoms with Crippen molar-refractivity contribution in [2.24, 2.45) is 5.92 Å². The number of aromatic amines is 1. The highest BCUT2D eigenvalue weighted by Gasteiger charge is 2.45. The van der Waals surface area contributed by atoms with Crippen LogP contribution < -0.4 is 5.32 Å². The Morgan fingerprint density at radius 3 is 2.76 bits per heavy atom. The largest absolute Gasteiger partial charge is 0.350 e. The average molecular weight is 292 g/mol. The standard InChI is InChI=1S/C14H14F2N4O/c15-14(16)5-9(6-14)7-18-13(21)12-11(8-19-20-12)10-1-3-17-4-2-10/h1-4,8-9H,5-7H2,(H,18,21)(H,19,20). The Labute approximate surface area is 119 Å². The Hall–Kier alpha value is -2.31. The topological polar surface area (TPSA) is 70.7 Å². The van der Waals surface area contributed by atoms with E-state index in [4.69, 9.17) is 0 Å². The van der Waals surface area contributed by atoms with E-state index in [0.29, 0.717) is 11.3 Å². The molecule has 0 atom stereocenters. The minimum absolute atomic E-state index is 0.156. The molecule has 21 heavy (non-hydrogen) atoms. The van der Waals surface area contributed by atoms with Crippen LogP contribution in [-0.2, 0) is 0 Å². The molecule has 1 aliphatic rings. The van der Waals surface area contributed by atoms with Crippen LogP contribution >= 0.6 is 0 Å². The van der Waals surface area contributed by atoms with Crippen molar-refractivity contribution >= 4 is 5.91 Å². The zero-order valence-corrected chi connectivity index (χ0v) is 11.1. The number of nitrogens with one attached hydrogen (secondary N) is 2. The number of rotatable bonds is 4. The molecule has 5 nitrogen and oxygen atoms in total. The Kier molecular flexibility index (Phi) is 3.40. The van der Waals surface area contributed by atoms with E-state index in [2.05, 4.69) is 20.5 Å². The third-order valence-corrected chi connectivity index (χ3v) is 3.58. The number of H-pyrrole nitrogens is 1. The molecule has 0 radical (unpaired) electrons. The van der Waals surface area contributed by atoms with Gasteiger partial charge in [0.25, 0.3) is 5.91 Å². The first-order chi connectivity index (χ1) is 10.1. The van der Waals surface area contributed by atoms with Gasteiger partial charge in [-0.1, -0.05) is 0 Å². The number of amides is 1. The number of nitrogens with zero attached hydrogens (tertiary/aromatic N) is 2. The van der Waals surface area contributed by atoms with Crippen LogP contribution in [0.2, 0.25) is 0 Å². The first kappa shape index (κ1) is 13.7. The van der Waals surface area contributed by atoms with Crippen LogP contribution in [0.4, 0.5) is 8.78 Å². The maximum Gasteiger partial charge on any atom is 0.269 e. The summed E-state index contributed by atoms with van der Waals surface area (Å²) in [7, 11) is 0. The Bertz CT molecular complexity index is 633. The molecule has 2 aromatic heterocycles. The number of hydrogen-bond acceptors (Lipinski definition) is 3. The van der Waals surface area contributed by atoms with Gasteiger partial charge in [0.1, 0.15) is 5.69 Å². The van der Waals surface area contributed by atoms with E-state index in [-0.39, 0.29) is 31.2 Å². The molecule has 2 aromatic rings. The summed E-state index contributed by atoms with van der Waals surface area (Å²) in [5.74, 6) is -3.06. The maximum absolute atomic E-state index is 12.7. The number of aromatic nitrogens is 3. The van der Waals surface area contributed by atoms with Crippen molar-refractivity contribution < 1.29 is 13.6 Å². The van der Waals surface area contributed by atoms with Crippen LogP contribution in [0, 0.1) is 5.92 Å². The lowest BCUT2D eigenvalue weighted by molar-refractivity contribution is -0.108. The molecule has 2 heterocycles. The van der Waals surface area contributed by atoms with E-state index in [0.717, 1.165) is 5.56 Å². The molecular formula is C14H14F2N4O. The lowest BCUT2D eigenvalue weighted by atomic mass is 9.81. The molecule has 1 saturated carbocycles. The van der Waals surface area contributed by atoms with E-state index in [1.54, 1.807) is 30.7 Å². The number of alkyl halides is 2. The van der Waals surface area contributed by atoms with Gasteiger partial charge in [0.05, 0.1) is 6.20 Å². The van der Waals surface area contributed by atoms with E-state index in [1.807, 2.05) is 0 Å². The first-order valence-corrected chi connectivity index (χ1v) is 6.65. The molecule has 0 spiro atoms. The zero-order valence-electron chi connectivity index (χ0n) is 11.1. The molecule has 1 fully saturated rings. The second kappa shape index (κ2) is 5.23. The van der Waals surface area contributed by atoms with Gasteiger partial charge >= 0.3 is 0 Å². The molecular weight excluding hydrogens is 278 g/mol. The molecule has 0 bridgehead atoms. The summed E-state index contributed by atoms with van der Waals surface area (Å²) in [5.41, 5.74) is 1.81. The molecule has 3 rings (SSSR count). The number of hydrogen-bond donors (Lipinski definition) is 2. The quantitative estimate of drug-likeness (QED) is 0.908. The van der Waals surface area contributed by atoms with Gasteiger partial charge in [-0.3, -0.25) is 14.9 Å². The Morgan fingerprint density at radius 1 is 1.38 bits per heavy atom. The average Bonchev–Trinajstić information content (AvgIpc) is 2.93. The molecule has 1 aliphatic carbocycles. The van der Waals surface area contributed by atoms with Crippen molar-refractivity contribution in [2.75, 3.05) is 6.54 Å². The molecule has 0 saturated heterocycles. The predicted octanol–water partition coefficient (Wildman–Crippen LogP) is 2.25. The van der Waals surface area contributed by atoms with Gasteiger partial charge < -0.3 is 5.32 Å². The monoisotopic (exact) mass is 292 g/mol. The molecule has 2 N–H and O–H groups in total. The Morgan fingerprint density at radius 2 is 2.10 bits per heavy atom. The predicted molar refractivity (Wildman–Crippen MR) is 71.8 cm³/mol. The molecule has 0 unspecified atom stereocenters. The normalized spacial score (nSPS) is 17.2. The molecule has 110 valence electrons. The Balaban J connectivity index is 1.65. The van der Waals surface area contributed by atoms with Gasteiger partial charge in [0, 0.05) is 37.3 Å². The smallest absolute Gasteiger partial charge is 0.269 e. The number of carbonyl (C=O) groups is 1. The molecule has 0 aromatic carbocycles. The summed E-state index contributed by atoms with van der Waals surface area (Å²) in [6.45, 7) is 0.253. The number of carbonyl (C=O) groups excluding carboxylic acids is 1. The van der Waals surface area contributed by atoms with Crippen molar-refractivity contribution in [3.63, 3.8) is 0 Å². The summed E-state index contributed by atoms with van der Waals surface area (Å²) in [4.78, 5) is 16.0. The summed E-state index contributed by atoms with van der Waals surface area (Å²) in [6.07, 6.45) is 4.49. The van der Waals surface area contributed by atoms with Crippen LogP contribution in [0.25, 0.3) is 11.1 Å². The van der Waals surface area contributed by atoms with Gasteiger partial charge in [-0.15, -0.1) is 0 Å². The molecule has 0 aliphatic heterocycles. The second-order valence-electron chi connectivity index (χ2n) is 5.23. The van der Waals surface area contributed by atoms with E-state index in [9.17, 15) is 13.6 Å². The van der Waals surface area contributed by atoms with Crippen molar-refractivity contribution in [3.05, 3.63) is 36.4 Å². The van der Waals surface area contributed by atoms with E-state index < -0.39 is 5.92 Å². The zero-order chi connectivity index (χ0) is 14.9. The van der Waals surface area contributed by atoms with Crippen molar-refractivity contribution in [1.29, 1.82) is 0 Å². The van der Waals surface area contributed by atoms with Gasteiger partial charge in [-0.25, -0.2) is 8.78 Å². The van der Waals surface area contributed by atoms with Crippen LogP contribution in [0.3, 0.4) is 0 Å². The lowest BCUT2D eigenvalue weighted by Gasteiger charge is -2.34. The second-order valence-corrected chi connectivity index (χ2v) is 5.23. The van der Waals surface area contributed by atoms with Crippen LogP contribution in [-0.4, -0.2) is 33.6 Å².